The lowest BCUT2D eigenvalue weighted by Gasteiger charge is -2.65. The number of nitrogens with zero attached hydrogens (tertiary/aromatic N) is 1. The zero-order valence-corrected chi connectivity index (χ0v) is 24.8. The maximum atomic E-state index is 13.0. The van der Waals surface area contributed by atoms with Crippen LogP contribution in [0, 0.1) is 28.6 Å². The van der Waals surface area contributed by atoms with Gasteiger partial charge in [0.1, 0.15) is 6.61 Å². The van der Waals surface area contributed by atoms with E-state index in [0.717, 1.165) is 24.8 Å². The third kappa shape index (κ3) is 4.67. The van der Waals surface area contributed by atoms with E-state index >= 15 is 0 Å². The second-order valence-corrected chi connectivity index (χ2v) is 13.5. The topological polar surface area (TPSA) is 170 Å². The number of aliphatic hydroxyl groups is 3. The number of anilines is 1. The molecule has 1 aromatic carbocycles. The Morgan fingerprint density at radius 2 is 1.77 bits per heavy atom. The van der Waals surface area contributed by atoms with Crippen molar-refractivity contribution in [3.8, 4) is 0 Å². The number of nitrogens with one attached hydrogen (secondary N) is 3. The fraction of sp³-hybridized carbons (Fsp3) is 0.625. The molecule has 3 amide bonds. The Morgan fingerprint density at radius 1 is 1.02 bits per heavy atom. The van der Waals surface area contributed by atoms with E-state index in [2.05, 4.69) is 28.1 Å². The minimum absolute atomic E-state index is 0.0562. The lowest BCUT2D eigenvalue weighted by atomic mass is 9.41. The van der Waals surface area contributed by atoms with E-state index in [1.807, 2.05) is 0 Å². The van der Waals surface area contributed by atoms with E-state index in [0.29, 0.717) is 43.4 Å². The lowest BCUT2D eigenvalue weighted by molar-refractivity contribution is -0.237. The number of hydrogen-bond donors (Lipinski definition) is 6. The Labute approximate surface area is 251 Å². The third-order valence-corrected chi connectivity index (χ3v) is 11.7. The summed E-state index contributed by atoms with van der Waals surface area (Å²) in [4.78, 5) is 36.4. The van der Waals surface area contributed by atoms with Gasteiger partial charge in [-0.2, -0.15) is 5.10 Å². The third-order valence-electron chi connectivity index (χ3n) is 11.7. The number of carbonyl (C=O) groups is 3. The summed E-state index contributed by atoms with van der Waals surface area (Å²) in [6, 6.07) is 6.06. The molecule has 11 nitrogen and oxygen atoms in total. The number of fused-ring (bicyclic) bond motifs is 5. The molecule has 1 aromatic rings. The van der Waals surface area contributed by atoms with Crippen LogP contribution in [-0.4, -0.2) is 70.4 Å². The molecule has 8 atom stereocenters. The molecule has 4 saturated carbocycles. The van der Waals surface area contributed by atoms with Gasteiger partial charge in [-0.15, -0.1) is 0 Å². The number of hydrogen-bond acceptors (Lipinski definition) is 8. The van der Waals surface area contributed by atoms with Crippen molar-refractivity contribution in [2.45, 2.75) is 82.0 Å². The van der Waals surface area contributed by atoms with Gasteiger partial charge in [0.25, 0.3) is 5.91 Å². The Morgan fingerprint density at radius 3 is 2.47 bits per heavy atom. The summed E-state index contributed by atoms with van der Waals surface area (Å²) in [7, 11) is 1.51. The van der Waals surface area contributed by atoms with Crippen LogP contribution in [0.1, 0.15) is 75.1 Å². The van der Waals surface area contributed by atoms with Gasteiger partial charge in [-0.25, -0.2) is 15.0 Å². The molecule has 0 bridgehead atoms. The molecule has 0 unspecified atom stereocenters. The average Bonchev–Trinajstić information content (AvgIpc) is 3.52. The van der Waals surface area contributed by atoms with Crippen molar-refractivity contribution >= 4 is 29.8 Å². The van der Waals surface area contributed by atoms with Gasteiger partial charge in [0.15, 0.2) is 0 Å². The van der Waals surface area contributed by atoms with Crippen LogP contribution in [0.2, 0.25) is 0 Å². The Hall–Kier alpha value is -3.28. The summed E-state index contributed by atoms with van der Waals surface area (Å²) in [6.45, 7) is 2.43. The van der Waals surface area contributed by atoms with Crippen LogP contribution in [0.25, 0.3) is 0 Å². The highest BCUT2D eigenvalue weighted by atomic mass is 16.5. The number of rotatable bonds is 5. The van der Waals surface area contributed by atoms with E-state index in [9.17, 15) is 29.7 Å². The number of carbonyl (C=O) groups excluding carboxylic acids is 3. The number of amides is 3. The molecule has 6 N–H and O–H groups in total. The van der Waals surface area contributed by atoms with Gasteiger partial charge in [0.2, 0.25) is 0 Å². The van der Waals surface area contributed by atoms with Crippen molar-refractivity contribution < 1.29 is 34.4 Å². The van der Waals surface area contributed by atoms with Crippen LogP contribution in [0.3, 0.4) is 0 Å². The number of aliphatic hydroxyl groups excluding tert-OH is 1. The first-order valence-electron chi connectivity index (χ1n) is 15.4. The number of urea groups is 1. The second-order valence-electron chi connectivity index (χ2n) is 13.5. The van der Waals surface area contributed by atoms with E-state index < -0.39 is 34.0 Å². The fourth-order valence-electron chi connectivity index (χ4n) is 9.53. The van der Waals surface area contributed by atoms with Crippen molar-refractivity contribution in [2.24, 2.45) is 33.7 Å². The largest absolute Gasteiger partial charge is 0.458 e. The van der Waals surface area contributed by atoms with E-state index in [-0.39, 0.29) is 42.8 Å². The Bertz CT molecular complexity index is 1360. The normalized spacial score (nSPS) is 40.1. The summed E-state index contributed by atoms with van der Waals surface area (Å²) in [5, 5.41) is 44.8. The molecule has 4 fully saturated rings. The molecule has 0 saturated heterocycles. The SMILES string of the molecule is CNC(=O)Nc1ccc(C(=O)N/N=C/[C@]23CC[C@@H](O)C[C@]2(O)CC[C@@H]2[C@@H]3CC[C@]3(C)[C@@H](C4=CC(=O)OC4)CC[C@@]23O)cc1. The summed E-state index contributed by atoms with van der Waals surface area (Å²) in [5.41, 5.74) is 1.02. The quantitative estimate of drug-likeness (QED) is 0.173. The molecule has 0 aromatic heterocycles. The number of esters is 1. The average molecular weight is 595 g/mol. The van der Waals surface area contributed by atoms with Crippen LogP contribution < -0.4 is 16.1 Å². The highest BCUT2D eigenvalue weighted by molar-refractivity contribution is 5.95. The smallest absolute Gasteiger partial charge is 0.331 e. The fourth-order valence-corrected chi connectivity index (χ4v) is 9.53. The van der Waals surface area contributed by atoms with Gasteiger partial charge in [0.05, 0.1) is 17.3 Å². The minimum Gasteiger partial charge on any atom is -0.458 e. The van der Waals surface area contributed by atoms with Gasteiger partial charge in [-0.05, 0) is 99.0 Å². The predicted molar refractivity (Wildman–Crippen MR) is 158 cm³/mol. The highest BCUT2D eigenvalue weighted by Gasteiger charge is 2.71. The van der Waals surface area contributed by atoms with Crippen LogP contribution in [0.5, 0.6) is 0 Å². The second kappa shape index (κ2) is 10.7. The Balaban J connectivity index is 1.26. The van der Waals surface area contributed by atoms with Crippen LogP contribution in [0.15, 0.2) is 41.0 Å². The molecular formula is C32H42N4O7. The zero-order valence-electron chi connectivity index (χ0n) is 24.8. The van der Waals surface area contributed by atoms with Gasteiger partial charge in [0, 0.05) is 47.8 Å². The van der Waals surface area contributed by atoms with Crippen molar-refractivity contribution in [3.05, 3.63) is 41.5 Å². The number of cyclic esters (lactones) is 1. The summed E-state index contributed by atoms with van der Waals surface area (Å²) in [6.07, 6.45) is 7.77. The maximum Gasteiger partial charge on any atom is 0.331 e. The standard InChI is InChI=1S/C32H42N4O7/c1-29-11-8-24-25(32(29,42)14-10-23(29)20-15-26(38)43-17-20)9-13-31(41)16-22(37)7-12-30(24,31)18-34-36-27(39)19-3-5-21(6-4-19)35-28(40)33-2/h3-6,15,18,22-25,37,41-42H,7-14,16-17H2,1-2H3,(H,36,39)(H2,33,35,40)/b34-18+/t22-,23-,24+,25-,29-,30+,31-,32-/m1/s1. The van der Waals surface area contributed by atoms with Gasteiger partial charge in [-0.3, -0.25) is 4.79 Å². The first-order chi connectivity index (χ1) is 20.4. The number of hydrazone groups is 1. The van der Waals surface area contributed by atoms with Gasteiger partial charge >= 0.3 is 12.0 Å². The molecule has 232 valence electrons. The molecular weight excluding hydrogens is 552 g/mol. The summed E-state index contributed by atoms with van der Waals surface area (Å²) >= 11 is 0. The van der Waals surface area contributed by atoms with Crippen molar-refractivity contribution in [3.63, 3.8) is 0 Å². The lowest BCUT2D eigenvalue weighted by Crippen LogP contribution is -2.68. The molecule has 5 aliphatic rings. The minimum atomic E-state index is -1.22. The Kier molecular flexibility index (Phi) is 7.42. The van der Waals surface area contributed by atoms with E-state index in [1.165, 1.54) is 7.05 Å². The van der Waals surface area contributed by atoms with Crippen molar-refractivity contribution in [1.82, 2.24) is 10.7 Å². The first-order valence-corrected chi connectivity index (χ1v) is 15.4. The molecule has 43 heavy (non-hydrogen) atoms. The van der Waals surface area contributed by atoms with Crippen LogP contribution >= 0.6 is 0 Å². The van der Waals surface area contributed by atoms with Gasteiger partial charge in [-0.1, -0.05) is 6.92 Å². The monoisotopic (exact) mass is 594 g/mol. The van der Waals surface area contributed by atoms with Crippen molar-refractivity contribution in [1.29, 1.82) is 0 Å². The van der Waals surface area contributed by atoms with Crippen LogP contribution in [0.4, 0.5) is 10.5 Å². The van der Waals surface area contributed by atoms with E-state index in [1.54, 1.807) is 36.6 Å². The van der Waals surface area contributed by atoms with Crippen LogP contribution in [-0.2, 0) is 9.53 Å². The predicted octanol–water partition coefficient (Wildman–Crippen LogP) is 2.87. The number of ether oxygens (including phenoxy) is 1. The first kappa shape index (κ1) is 29.8. The molecule has 4 aliphatic carbocycles. The molecule has 11 heteroatoms. The molecule has 1 aliphatic heterocycles. The van der Waals surface area contributed by atoms with E-state index in [4.69, 9.17) is 4.74 Å². The van der Waals surface area contributed by atoms with Crippen molar-refractivity contribution in [2.75, 3.05) is 19.0 Å². The zero-order chi connectivity index (χ0) is 30.6. The molecule has 0 spiro atoms. The highest BCUT2D eigenvalue weighted by Crippen LogP contribution is 2.70. The molecule has 0 radical (unpaired) electrons. The summed E-state index contributed by atoms with van der Waals surface area (Å²) < 4.78 is 5.23. The van der Waals surface area contributed by atoms with Gasteiger partial charge < -0.3 is 30.7 Å². The maximum absolute atomic E-state index is 13.0. The molecule has 6 rings (SSSR count). The number of benzene rings is 1. The molecule has 1 heterocycles. The summed E-state index contributed by atoms with van der Waals surface area (Å²) in [5.74, 6) is -0.892.